The van der Waals surface area contributed by atoms with Gasteiger partial charge in [-0.15, -0.1) is 0 Å². The molecule has 0 aliphatic heterocycles. The molecule has 1 heterocycles. The average molecular weight is 297 g/mol. The summed E-state index contributed by atoms with van der Waals surface area (Å²) < 4.78 is 27.0. The number of sulfonamides is 1. The normalized spacial score (nSPS) is 20.9. The molecule has 1 aromatic heterocycles. The number of rotatable bonds is 7. The van der Waals surface area contributed by atoms with Crippen LogP contribution in [0.3, 0.4) is 0 Å². The third kappa shape index (κ3) is 3.77. The van der Waals surface area contributed by atoms with Gasteiger partial charge in [0.2, 0.25) is 0 Å². The minimum atomic E-state index is -3.49. The highest BCUT2D eigenvalue weighted by Crippen LogP contribution is 2.45. The van der Waals surface area contributed by atoms with Crippen molar-refractivity contribution in [2.24, 2.45) is 5.41 Å². The van der Waals surface area contributed by atoms with Gasteiger partial charge in [-0.1, -0.05) is 26.8 Å². The van der Waals surface area contributed by atoms with E-state index in [1.165, 1.54) is 0 Å². The molecule has 1 atom stereocenters. The zero-order valence-corrected chi connectivity index (χ0v) is 13.1. The second-order valence-corrected chi connectivity index (χ2v) is 7.71. The zero-order chi connectivity index (χ0) is 14.8. The van der Waals surface area contributed by atoms with E-state index in [1.54, 1.807) is 12.3 Å². The first-order valence-electron chi connectivity index (χ1n) is 7.03. The van der Waals surface area contributed by atoms with E-state index in [0.29, 0.717) is 6.54 Å². The Morgan fingerprint density at radius 2 is 2.10 bits per heavy atom. The Balaban J connectivity index is 1.98. The Labute approximate surface area is 121 Å². The van der Waals surface area contributed by atoms with Crippen LogP contribution in [0, 0.1) is 5.41 Å². The Bertz CT molecular complexity index is 552. The van der Waals surface area contributed by atoms with Crippen molar-refractivity contribution in [3.63, 3.8) is 0 Å². The lowest BCUT2D eigenvalue weighted by Crippen LogP contribution is -2.29. The van der Waals surface area contributed by atoms with Crippen molar-refractivity contribution in [3.8, 4) is 0 Å². The van der Waals surface area contributed by atoms with Crippen LogP contribution < -0.4 is 10.0 Å². The summed E-state index contributed by atoms with van der Waals surface area (Å²) in [7, 11) is -3.49. The van der Waals surface area contributed by atoms with Crippen LogP contribution in [0.25, 0.3) is 0 Å². The fourth-order valence-corrected chi connectivity index (χ4v) is 3.34. The van der Waals surface area contributed by atoms with Crippen LogP contribution in [0.15, 0.2) is 23.4 Å². The summed E-state index contributed by atoms with van der Waals surface area (Å²) in [6.45, 7) is 7.86. The maximum Gasteiger partial charge on any atom is 0.258 e. The summed E-state index contributed by atoms with van der Waals surface area (Å²) in [6, 6.07) is 3.41. The third-order valence-electron chi connectivity index (χ3n) is 3.64. The van der Waals surface area contributed by atoms with Gasteiger partial charge in [-0.05, 0) is 36.4 Å². The van der Waals surface area contributed by atoms with Crippen molar-refractivity contribution >= 4 is 10.0 Å². The number of hydrogen-bond acceptors (Lipinski definition) is 4. The molecular formula is C14H23N3O2S. The highest BCUT2D eigenvalue weighted by atomic mass is 32.2. The summed E-state index contributed by atoms with van der Waals surface area (Å²) in [5.74, 6) is 0. The van der Waals surface area contributed by atoms with Crippen LogP contribution in [-0.2, 0) is 16.6 Å². The van der Waals surface area contributed by atoms with Crippen LogP contribution in [0.5, 0.6) is 0 Å². The van der Waals surface area contributed by atoms with E-state index in [-0.39, 0.29) is 16.5 Å². The second-order valence-electron chi connectivity index (χ2n) is 6.05. The fourth-order valence-electron chi connectivity index (χ4n) is 2.00. The molecule has 0 bridgehead atoms. The van der Waals surface area contributed by atoms with Crippen LogP contribution >= 0.6 is 0 Å². The van der Waals surface area contributed by atoms with Crippen LogP contribution in [0.4, 0.5) is 0 Å². The van der Waals surface area contributed by atoms with E-state index in [4.69, 9.17) is 0 Å². The fraction of sp³-hybridized carbons (Fsp3) is 0.643. The number of aromatic nitrogens is 1. The topological polar surface area (TPSA) is 71.1 Å². The van der Waals surface area contributed by atoms with Crippen molar-refractivity contribution in [3.05, 3.63) is 23.9 Å². The van der Waals surface area contributed by atoms with Gasteiger partial charge in [0.25, 0.3) is 10.0 Å². The van der Waals surface area contributed by atoms with Gasteiger partial charge in [0, 0.05) is 18.8 Å². The molecular weight excluding hydrogens is 274 g/mol. The largest absolute Gasteiger partial charge is 0.313 e. The molecule has 112 valence electrons. The van der Waals surface area contributed by atoms with Gasteiger partial charge in [-0.2, -0.15) is 0 Å². The second kappa shape index (κ2) is 5.79. The van der Waals surface area contributed by atoms with Crippen molar-refractivity contribution in [1.82, 2.24) is 15.0 Å². The monoisotopic (exact) mass is 297 g/mol. The molecule has 1 aliphatic carbocycles. The Morgan fingerprint density at radius 3 is 2.60 bits per heavy atom. The minimum absolute atomic E-state index is 0.0280. The van der Waals surface area contributed by atoms with Gasteiger partial charge >= 0.3 is 0 Å². The van der Waals surface area contributed by atoms with Crippen LogP contribution in [0.2, 0.25) is 0 Å². The summed E-state index contributed by atoms with van der Waals surface area (Å²) in [4.78, 5) is 4.07. The van der Waals surface area contributed by atoms with E-state index >= 15 is 0 Å². The highest BCUT2D eigenvalue weighted by molar-refractivity contribution is 7.89. The molecule has 20 heavy (non-hydrogen) atoms. The Kier molecular flexibility index (Phi) is 4.46. The first-order chi connectivity index (χ1) is 9.35. The summed E-state index contributed by atoms with van der Waals surface area (Å²) in [6.07, 6.45) is 3.57. The van der Waals surface area contributed by atoms with E-state index in [1.807, 2.05) is 6.07 Å². The molecule has 1 fully saturated rings. The Hall–Kier alpha value is -0.980. The molecule has 0 radical (unpaired) electrons. The molecule has 2 N–H and O–H groups in total. The minimum Gasteiger partial charge on any atom is -0.313 e. The van der Waals surface area contributed by atoms with Gasteiger partial charge in [0.15, 0.2) is 5.03 Å². The lowest BCUT2D eigenvalue weighted by molar-refractivity contribution is 0.552. The summed E-state index contributed by atoms with van der Waals surface area (Å²) in [5.41, 5.74) is 1.06. The van der Waals surface area contributed by atoms with E-state index in [9.17, 15) is 8.42 Å². The van der Waals surface area contributed by atoms with E-state index in [2.05, 4.69) is 35.8 Å². The van der Waals surface area contributed by atoms with E-state index in [0.717, 1.165) is 24.9 Å². The van der Waals surface area contributed by atoms with Crippen molar-refractivity contribution in [2.75, 3.05) is 6.54 Å². The molecule has 5 nitrogen and oxygen atoms in total. The molecule has 1 aliphatic rings. The Morgan fingerprint density at radius 1 is 1.40 bits per heavy atom. The quantitative estimate of drug-likeness (QED) is 0.751. The van der Waals surface area contributed by atoms with Crippen molar-refractivity contribution in [2.45, 2.75) is 51.2 Å². The van der Waals surface area contributed by atoms with E-state index < -0.39 is 10.0 Å². The summed E-state index contributed by atoms with van der Waals surface area (Å²) >= 11 is 0. The van der Waals surface area contributed by atoms with Crippen LogP contribution in [0.1, 0.15) is 39.2 Å². The molecule has 0 aromatic carbocycles. The van der Waals surface area contributed by atoms with Gasteiger partial charge in [-0.25, -0.2) is 18.1 Å². The standard InChI is InChI=1S/C14H23N3O2S/c1-4-7-15-9-11-5-6-13(16-10-11)20(18,19)17-12-8-14(12,2)3/h5-6,10,12,15,17H,4,7-9H2,1-3H3. The molecule has 0 spiro atoms. The predicted octanol–water partition coefficient (Wildman–Crippen LogP) is 1.66. The first kappa shape index (κ1) is 15.4. The van der Waals surface area contributed by atoms with Crippen molar-refractivity contribution < 1.29 is 8.42 Å². The third-order valence-corrected chi connectivity index (χ3v) is 5.03. The smallest absolute Gasteiger partial charge is 0.258 e. The molecule has 0 amide bonds. The molecule has 6 heteroatoms. The number of hydrogen-bond donors (Lipinski definition) is 2. The van der Waals surface area contributed by atoms with Gasteiger partial charge in [-0.3, -0.25) is 0 Å². The summed E-state index contributed by atoms with van der Waals surface area (Å²) in [5, 5.41) is 3.35. The lowest BCUT2D eigenvalue weighted by atomic mass is 10.2. The maximum absolute atomic E-state index is 12.2. The number of nitrogens with one attached hydrogen (secondary N) is 2. The highest BCUT2D eigenvalue weighted by Gasteiger charge is 2.48. The molecule has 1 saturated carbocycles. The molecule has 0 saturated heterocycles. The average Bonchev–Trinajstić information content (AvgIpc) is 2.96. The van der Waals surface area contributed by atoms with Gasteiger partial charge < -0.3 is 5.32 Å². The number of pyridine rings is 1. The molecule has 1 aromatic rings. The lowest BCUT2D eigenvalue weighted by Gasteiger charge is -2.08. The SMILES string of the molecule is CCCNCc1ccc(S(=O)(=O)NC2CC2(C)C)nc1. The molecule has 1 unspecified atom stereocenters. The van der Waals surface area contributed by atoms with Crippen molar-refractivity contribution in [1.29, 1.82) is 0 Å². The first-order valence-corrected chi connectivity index (χ1v) is 8.51. The van der Waals surface area contributed by atoms with Gasteiger partial charge in [0.1, 0.15) is 0 Å². The maximum atomic E-state index is 12.2. The zero-order valence-electron chi connectivity index (χ0n) is 12.3. The molecule has 2 rings (SSSR count). The predicted molar refractivity (Wildman–Crippen MR) is 78.7 cm³/mol. The number of nitrogens with zero attached hydrogens (tertiary/aromatic N) is 1. The van der Waals surface area contributed by atoms with Crippen LogP contribution in [-0.4, -0.2) is 26.0 Å². The van der Waals surface area contributed by atoms with Gasteiger partial charge in [0.05, 0.1) is 0 Å².